The number of carbonyl (C=O) groups is 4. The summed E-state index contributed by atoms with van der Waals surface area (Å²) in [6.07, 6.45) is 2.36. The first-order chi connectivity index (χ1) is 16.9. The van der Waals surface area contributed by atoms with Gasteiger partial charge in [0.2, 0.25) is 11.8 Å². The molecule has 4 heterocycles. The molecule has 0 aliphatic carbocycles. The van der Waals surface area contributed by atoms with Gasteiger partial charge in [-0.2, -0.15) is 0 Å². The van der Waals surface area contributed by atoms with Crippen LogP contribution >= 0.6 is 0 Å². The van der Waals surface area contributed by atoms with Crippen molar-refractivity contribution in [3.8, 4) is 0 Å². The summed E-state index contributed by atoms with van der Waals surface area (Å²) >= 11 is 0. The van der Waals surface area contributed by atoms with E-state index < -0.39 is 6.04 Å². The molecule has 188 valence electrons. The van der Waals surface area contributed by atoms with Crippen LogP contribution in [0.3, 0.4) is 0 Å². The van der Waals surface area contributed by atoms with Crippen LogP contribution in [0.4, 0.5) is 10.5 Å². The van der Waals surface area contributed by atoms with E-state index in [0.29, 0.717) is 31.2 Å². The van der Waals surface area contributed by atoms with E-state index in [1.807, 2.05) is 19.1 Å². The molecule has 10 nitrogen and oxygen atoms in total. The summed E-state index contributed by atoms with van der Waals surface area (Å²) in [5.41, 5.74) is 2.68. The number of fused-ring (bicyclic) bond motifs is 1. The summed E-state index contributed by atoms with van der Waals surface area (Å²) < 4.78 is 5.12. The van der Waals surface area contributed by atoms with Gasteiger partial charge in [0, 0.05) is 69.5 Å². The summed E-state index contributed by atoms with van der Waals surface area (Å²) in [5, 5.41) is 2.35. The van der Waals surface area contributed by atoms with E-state index in [2.05, 4.69) is 21.2 Å². The normalized spacial score (nSPS) is 24.0. The van der Waals surface area contributed by atoms with Crippen LogP contribution in [0.2, 0.25) is 0 Å². The lowest BCUT2D eigenvalue weighted by atomic mass is 10.0. The number of ether oxygens (including phenoxy) is 1. The fourth-order valence-corrected chi connectivity index (χ4v) is 5.73. The molecule has 1 atom stereocenters. The van der Waals surface area contributed by atoms with Gasteiger partial charge in [0.15, 0.2) is 0 Å². The van der Waals surface area contributed by atoms with Gasteiger partial charge in [-0.3, -0.25) is 24.6 Å². The van der Waals surface area contributed by atoms with Gasteiger partial charge in [-0.05, 0) is 49.9 Å². The van der Waals surface area contributed by atoms with E-state index in [1.54, 1.807) is 9.80 Å². The lowest BCUT2D eigenvalue weighted by Crippen LogP contribution is -2.53. The van der Waals surface area contributed by atoms with Crippen molar-refractivity contribution in [1.29, 1.82) is 0 Å². The smallest absolute Gasteiger partial charge is 0.409 e. The van der Waals surface area contributed by atoms with Gasteiger partial charge in [-0.25, -0.2) is 4.79 Å². The van der Waals surface area contributed by atoms with Crippen molar-refractivity contribution in [2.24, 2.45) is 0 Å². The number of piperidine rings is 2. The molecule has 3 saturated heterocycles. The van der Waals surface area contributed by atoms with Crippen LogP contribution in [-0.4, -0.2) is 96.5 Å². The summed E-state index contributed by atoms with van der Waals surface area (Å²) in [6.45, 7) is 7.85. The molecule has 0 spiro atoms. The SMILES string of the molecule is CCOC(=O)N1CCC(N2CCN(c3ccc4c(c3)CN(C3CCC(=O)NC3=O)C4=O)CC2)CC1. The van der Waals surface area contributed by atoms with Crippen molar-refractivity contribution in [3.63, 3.8) is 0 Å². The third-order valence-corrected chi connectivity index (χ3v) is 7.69. The molecule has 1 N–H and O–H groups in total. The van der Waals surface area contributed by atoms with Crippen LogP contribution in [-0.2, 0) is 20.9 Å². The Morgan fingerprint density at radius 1 is 1.03 bits per heavy atom. The van der Waals surface area contributed by atoms with Gasteiger partial charge in [0.05, 0.1) is 6.61 Å². The molecular formula is C25H33N5O5. The number of hydrogen-bond acceptors (Lipinski definition) is 7. The molecule has 1 unspecified atom stereocenters. The Labute approximate surface area is 205 Å². The molecule has 5 rings (SSSR count). The van der Waals surface area contributed by atoms with Crippen LogP contribution in [0.15, 0.2) is 18.2 Å². The number of benzene rings is 1. The molecule has 4 amide bonds. The fraction of sp³-hybridized carbons (Fsp3) is 0.600. The average Bonchev–Trinajstić information content (AvgIpc) is 3.20. The third kappa shape index (κ3) is 4.71. The summed E-state index contributed by atoms with van der Waals surface area (Å²) in [6, 6.07) is 5.85. The summed E-state index contributed by atoms with van der Waals surface area (Å²) in [4.78, 5) is 56.9. The van der Waals surface area contributed by atoms with E-state index in [1.165, 1.54) is 0 Å². The molecule has 10 heteroatoms. The van der Waals surface area contributed by atoms with Crippen molar-refractivity contribution < 1.29 is 23.9 Å². The second kappa shape index (κ2) is 9.85. The predicted molar refractivity (Wildman–Crippen MR) is 128 cm³/mol. The van der Waals surface area contributed by atoms with E-state index in [-0.39, 0.29) is 30.2 Å². The molecule has 0 aromatic heterocycles. The van der Waals surface area contributed by atoms with Crippen molar-refractivity contribution in [3.05, 3.63) is 29.3 Å². The number of piperazine rings is 1. The summed E-state index contributed by atoms with van der Waals surface area (Å²) in [7, 11) is 0. The number of nitrogens with one attached hydrogen (secondary N) is 1. The van der Waals surface area contributed by atoms with Crippen LogP contribution in [0, 0.1) is 0 Å². The number of nitrogens with zero attached hydrogens (tertiary/aromatic N) is 4. The van der Waals surface area contributed by atoms with Crippen molar-refractivity contribution in [2.45, 2.75) is 51.2 Å². The van der Waals surface area contributed by atoms with Gasteiger partial charge in [0.1, 0.15) is 6.04 Å². The van der Waals surface area contributed by atoms with Crippen LogP contribution in [0.25, 0.3) is 0 Å². The Balaban J connectivity index is 1.16. The van der Waals surface area contributed by atoms with Crippen LogP contribution < -0.4 is 10.2 Å². The number of anilines is 1. The minimum atomic E-state index is -0.588. The molecule has 1 aromatic carbocycles. The highest BCUT2D eigenvalue weighted by Crippen LogP contribution is 2.31. The first-order valence-electron chi connectivity index (χ1n) is 12.6. The molecule has 0 saturated carbocycles. The first kappa shape index (κ1) is 23.6. The molecule has 4 aliphatic rings. The Morgan fingerprint density at radius 2 is 1.77 bits per heavy atom. The lowest BCUT2D eigenvalue weighted by Gasteiger charge is -2.43. The molecule has 35 heavy (non-hydrogen) atoms. The Kier molecular flexibility index (Phi) is 6.64. The second-order valence-electron chi connectivity index (χ2n) is 9.68. The molecule has 1 aromatic rings. The first-order valence-corrected chi connectivity index (χ1v) is 12.6. The average molecular weight is 484 g/mol. The Hall–Kier alpha value is -3.14. The molecule has 3 fully saturated rings. The maximum Gasteiger partial charge on any atom is 0.409 e. The maximum absolute atomic E-state index is 12.9. The molecule has 4 aliphatic heterocycles. The maximum atomic E-state index is 12.9. The molecule has 0 radical (unpaired) electrons. The van der Waals surface area contributed by atoms with E-state index in [4.69, 9.17) is 4.74 Å². The predicted octanol–water partition coefficient (Wildman–Crippen LogP) is 1.19. The largest absolute Gasteiger partial charge is 0.450 e. The highest BCUT2D eigenvalue weighted by atomic mass is 16.6. The van der Waals surface area contributed by atoms with Crippen molar-refractivity contribution >= 4 is 29.5 Å². The van der Waals surface area contributed by atoms with E-state index in [0.717, 1.165) is 63.4 Å². The Bertz CT molecular complexity index is 1010. The minimum Gasteiger partial charge on any atom is -0.450 e. The zero-order valence-electron chi connectivity index (χ0n) is 20.2. The van der Waals surface area contributed by atoms with Gasteiger partial charge < -0.3 is 19.4 Å². The monoisotopic (exact) mass is 483 g/mol. The topological polar surface area (TPSA) is 102 Å². The summed E-state index contributed by atoms with van der Waals surface area (Å²) in [5.74, 6) is -0.798. The van der Waals surface area contributed by atoms with Gasteiger partial charge in [-0.15, -0.1) is 0 Å². The van der Waals surface area contributed by atoms with Gasteiger partial charge >= 0.3 is 6.09 Å². The number of likely N-dealkylation sites (tertiary alicyclic amines) is 1. The van der Waals surface area contributed by atoms with Crippen LogP contribution in [0.1, 0.15) is 48.5 Å². The number of imide groups is 1. The second-order valence-corrected chi connectivity index (χ2v) is 9.68. The zero-order valence-corrected chi connectivity index (χ0v) is 20.2. The highest BCUT2D eigenvalue weighted by molar-refractivity contribution is 6.05. The highest BCUT2D eigenvalue weighted by Gasteiger charge is 2.39. The standard InChI is InChI=1S/C25H33N5O5/c1-2-35-25(34)29-9-7-18(8-10-29)27-11-13-28(14-12-27)19-3-4-20-17(15-19)16-30(24(20)33)21-5-6-22(31)26-23(21)32/h3-4,15,18,21H,2,5-14,16H2,1H3,(H,26,31,32). The van der Waals surface area contributed by atoms with Crippen molar-refractivity contribution in [2.75, 3.05) is 50.8 Å². The van der Waals surface area contributed by atoms with Gasteiger partial charge in [0.25, 0.3) is 5.91 Å². The zero-order chi connectivity index (χ0) is 24.5. The number of carbonyl (C=O) groups excluding carboxylic acids is 4. The van der Waals surface area contributed by atoms with Gasteiger partial charge in [-0.1, -0.05) is 0 Å². The third-order valence-electron chi connectivity index (χ3n) is 7.69. The Morgan fingerprint density at radius 3 is 2.46 bits per heavy atom. The quantitative estimate of drug-likeness (QED) is 0.642. The van der Waals surface area contributed by atoms with Crippen LogP contribution in [0.5, 0.6) is 0 Å². The lowest BCUT2D eigenvalue weighted by molar-refractivity contribution is -0.136. The number of rotatable bonds is 4. The number of amides is 4. The molecular weight excluding hydrogens is 450 g/mol. The fourth-order valence-electron chi connectivity index (χ4n) is 5.73. The van der Waals surface area contributed by atoms with Crippen molar-refractivity contribution in [1.82, 2.24) is 20.0 Å². The molecule has 0 bridgehead atoms. The number of hydrogen-bond donors (Lipinski definition) is 1. The van der Waals surface area contributed by atoms with E-state index in [9.17, 15) is 19.2 Å². The van der Waals surface area contributed by atoms with E-state index >= 15 is 0 Å². The minimum absolute atomic E-state index is 0.139.